The molecule has 24 heavy (non-hydrogen) atoms. The molecule has 134 valence electrons. The van der Waals surface area contributed by atoms with Crippen LogP contribution in [0, 0.1) is 11.8 Å². The van der Waals surface area contributed by atoms with Gasteiger partial charge in [0.15, 0.2) is 0 Å². The molecule has 0 bridgehead atoms. The lowest BCUT2D eigenvalue weighted by atomic mass is 9.96. The van der Waals surface area contributed by atoms with Crippen LogP contribution in [0.25, 0.3) is 0 Å². The van der Waals surface area contributed by atoms with E-state index < -0.39 is 0 Å². The average Bonchev–Trinajstić information content (AvgIpc) is 3.12. The number of aliphatic hydroxyl groups excluding tert-OH is 1. The third-order valence-electron chi connectivity index (χ3n) is 5.34. The van der Waals surface area contributed by atoms with E-state index in [9.17, 15) is 9.90 Å². The van der Waals surface area contributed by atoms with Crippen LogP contribution >= 0.6 is 0 Å². The molecule has 0 aromatic carbocycles. The molecule has 0 radical (unpaired) electrons. The second-order valence-corrected chi connectivity index (χ2v) is 7.24. The zero-order valence-corrected chi connectivity index (χ0v) is 14.8. The monoisotopic (exact) mass is 335 g/mol. The normalized spacial score (nSPS) is 26.7. The topological polar surface area (TPSA) is 64.8 Å². The van der Waals surface area contributed by atoms with Crippen molar-refractivity contribution < 1.29 is 9.90 Å². The molecule has 2 aliphatic heterocycles. The fourth-order valence-corrected chi connectivity index (χ4v) is 3.82. The third kappa shape index (κ3) is 3.96. The Labute approximate surface area is 143 Å². The Balaban J connectivity index is 1.60. The van der Waals surface area contributed by atoms with Crippen LogP contribution in [0.2, 0.25) is 0 Å². The van der Waals surface area contributed by atoms with E-state index in [4.69, 9.17) is 0 Å². The minimum absolute atomic E-state index is 0.0212. The minimum Gasteiger partial charge on any atom is -0.396 e. The average molecular weight is 335 g/mol. The largest absolute Gasteiger partial charge is 0.396 e. The fourth-order valence-electron chi connectivity index (χ4n) is 3.82. The lowest BCUT2D eigenvalue weighted by Gasteiger charge is -2.26. The summed E-state index contributed by atoms with van der Waals surface area (Å²) in [5, 5.41) is 14.0. The van der Waals surface area contributed by atoms with Gasteiger partial charge < -0.3 is 19.8 Å². The molecule has 0 spiro atoms. The van der Waals surface area contributed by atoms with Gasteiger partial charge in [-0.1, -0.05) is 0 Å². The number of amides is 1. The summed E-state index contributed by atoms with van der Waals surface area (Å²) >= 11 is 0. The van der Waals surface area contributed by atoms with Gasteiger partial charge in [-0.25, -0.2) is 0 Å². The maximum atomic E-state index is 12.6. The van der Waals surface area contributed by atoms with E-state index in [1.165, 1.54) is 6.42 Å². The van der Waals surface area contributed by atoms with E-state index in [-0.39, 0.29) is 18.4 Å². The predicted molar refractivity (Wildman–Crippen MR) is 91.7 cm³/mol. The number of aliphatic hydroxyl groups is 1. The first-order valence-corrected chi connectivity index (χ1v) is 8.87. The van der Waals surface area contributed by atoms with Crippen LogP contribution in [0.4, 0.5) is 0 Å². The van der Waals surface area contributed by atoms with Crippen molar-refractivity contribution in [1.29, 1.82) is 0 Å². The van der Waals surface area contributed by atoms with Gasteiger partial charge in [0.25, 0.3) is 5.91 Å². The van der Waals surface area contributed by atoms with E-state index >= 15 is 0 Å². The maximum Gasteiger partial charge on any atom is 0.274 e. The molecule has 3 heterocycles. The molecule has 2 aliphatic rings. The summed E-state index contributed by atoms with van der Waals surface area (Å²) in [6, 6.07) is 1.76. The Morgan fingerprint density at radius 1 is 1.21 bits per heavy atom. The smallest absolute Gasteiger partial charge is 0.274 e. The molecule has 0 unspecified atom stereocenters. The Hall–Kier alpha value is -1.44. The number of likely N-dealkylation sites (N-methyl/N-ethyl adjacent to an activating group) is 1. The summed E-state index contributed by atoms with van der Waals surface area (Å²) in [5.74, 6) is 0.483. The van der Waals surface area contributed by atoms with Gasteiger partial charge >= 0.3 is 0 Å². The molecule has 1 aromatic heterocycles. The number of rotatable bonds is 4. The van der Waals surface area contributed by atoms with Crippen molar-refractivity contribution in [2.75, 3.05) is 59.5 Å². The lowest BCUT2D eigenvalue weighted by Crippen LogP contribution is -2.36. The van der Waals surface area contributed by atoms with Crippen molar-refractivity contribution in [3.05, 3.63) is 18.0 Å². The Morgan fingerprint density at radius 2 is 2.00 bits per heavy atom. The molecule has 7 heteroatoms. The van der Waals surface area contributed by atoms with Gasteiger partial charge in [0.1, 0.15) is 5.69 Å². The number of hydrogen-bond acceptors (Lipinski definition) is 5. The van der Waals surface area contributed by atoms with Crippen molar-refractivity contribution in [3.8, 4) is 0 Å². The van der Waals surface area contributed by atoms with Crippen molar-refractivity contribution >= 4 is 5.91 Å². The van der Waals surface area contributed by atoms with E-state index in [0.717, 1.165) is 32.7 Å². The van der Waals surface area contributed by atoms with Gasteiger partial charge in [0.2, 0.25) is 0 Å². The molecule has 1 N–H and O–H groups in total. The number of carbonyl (C=O) groups excluding carboxylic acids is 1. The number of nitrogens with zero attached hydrogens (tertiary/aromatic N) is 5. The summed E-state index contributed by atoms with van der Waals surface area (Å²) in [7, 11) is 3.99. The molecule has 2 saturated heterocycles. The van der Waals surface area contributed by atoms with E-state index in [0.29, 0.717) is 24.7 Å². The lowest BCUT2D eigenvalue weighted by molar-refractivity contribution is 0.0772. The highest BCUT2D eigenvalue weighted by molar-refractivity contribution is 5.92. The van der Waals surface area contributed by atoms with Crippen molar-refractivity contribution in [2.45, 2.75) is 6.42 Å². The summed E-state index contributed by atoms with van der Waals surface area (Å²) in [6.45, 7) is 6.86. The number of likely N-dealkylation sites (tertiary alicyclic amines) is 1. The van der Waals surface area contributed by atoms with Gasteiger partial charge in [-0.2, -0.15) is 5.10 Å². The Bertz CT molecular complexity index is 561. The van der Waals surface area contributed by atoms with Crippen molar-refractivity contribution in [1.82, 2.24) is 24.5 Å². The zero-order chi connectivity index (χ0) is 17.1. The predicted octanol–water partition coefficient (Wildman–Crippen LogP) is -0.262. The maximum absolute atomic E-state index is 12.6. The Morgan fingerprint density at radius 3 is 2.71 bits per heavy atom. The van der Waals surface area contributed by atoms with Gasteiger partial charge in [-0.05, 0) is 38.5 Å². The molecule has 7 nitrogen and oxygen atoms in total. The number of aryl methyl sites for hydroxylation is 1. The van der Waals surface area contributed by atoms with Crippen LogP contribution < -0.4 is 0 Å². The van der Waals surface area contributed by atoms with Gasteiger partial charge in [0.05, 0.1) is 0 Å². The van der Waals surface area contributed by atoms with E-state index in [1.54, 1.807) is 16.9 Å². The summed E-state index contributed by atoms with van der Waals surface area (Å²) in [6.07, 6.45) is 2.97. The first-order valence-electron chi connectivity index (χ1n) is 8.87. The second-order valence-electron chi connectivity index (χ2n) is 7.24. The number of aromatic nitrogens is 2. The van der Waals surface area contributed by atoms with Crippen LogP contribution in [-0.4, -0.2) is 95.0 Å². The highest BCUT2D eigenvalue weighted by Gasteiger charge is 2.36. The molecule has 1 amide bonds. The van der Waals surface area contributed by atoms with E-state index in [1.807, 2.05) is 11.9 Å². The molecular weight excluding hydrogens is 306 g/mol. The van der Waals surface area contributed by atoms with Crippen LogP contribution in [-0.2, 0) is 7.05 Å². The fraction of sp³-hybridized carbons (Fsp3) is 0.765. The zero-order valence-electron chi connectivity index (χ0n) is 14.8. The quantitative estimate of drug-likeness (QED) is 0.821. The molecular formula is C17H29N5O2. The van der Waals surface area contributed by atoms with Crippen LogP contribution in [0.15, 0.2) is 12.3 Å². The second kappa shape index (κ2) is 7.63. The van der Waals surface area contributed by atoms with Crippen molar-refractivity contribution in [2.24, 2.45) is 18.9 Å². The number of hydrogen-bond donors (Lipinski definition) is 1. The minimum atomic E-state index is -0.0212. The van der Waals surface area contributed by atoms with Gasteiger partial charge in [-0.15, -0.1) is 0 Å². The SMILES string of the molecule is CN1CCCN(C[C@@H]2CN(C(=O)c3ccn(C)n3)C[C@@H]2CO)CC1. The highest BCUT2D eigenvalue weighted by atomic mass is 16.3. The first kappa shape index (κ1) is 17.4. The van der Waals surface area contributed by atoms with Crippen LogP contribution in [0.5, 0.6) is 0 Å². The highest BCUT2D eigenvalue weighted by Crippen LogP contribution is 2.25. The molecule has 2 atom stereocenters. The van der Waals surface area contributed by atoms with Crippen molar-refractivity contribution in [3.63, 3.8) is 0 Å². The first-order chi connectivity index (χ1) is 11.6. The number of carbonyl (C=O) groups is 1. The molecule has 2 fully saturated rings. The molecule has 0 saturated carbocycles. The third-order valence-corrected chi connectivity index (χ3v) is 5.34. The van der Waals surface area contributed by atoms with Crippen LogP contribution in [0.1, 0.15) is 16.9 Å². The van der Waals surface area contributed by atoms with Crippen LogP contribution in [0.3, 0.4) is 0 Å². The summed E-state index contributed by atoms with van der Waals surface area (Å²) in [4.78, 5) is 19.3. The molecule has 1 aromatic rings. The Kier molecular flexibility index (Phi) is 5.53. The summed E-state index contributed by atoms with van der Waals surface area (Å²) < 4.78 is 1.65. The molecule has 0 aliphatic carbocycles. The molecule has 3 rings (SSSR count). The van der Waals surface area contributed by atoms with E-state index in [2.05, 4.69) is 21.9 Å². The summed E-state index contributed by atoms with van der Waals surface area (Å²) in [5.41, 5.74) is 0.492. The van der Waals surface area contributed by atoms with Gasteiger partial charge in [0, 0.05) is 58.5 Å². The van der Waals surface area contributed by atoms with Gasteiger partial charge in [-0.3, -0.25) is 9.48 Å². The standard InChI is InChI=1S/C17H29N5O2/c1-19-5-3-6-21(9-8-19)10-14-11-22(12-15(14)13-23)17(24)16-4-7-20(2)18-16/h4,7,14-15,23H,3,5-6,8-13H2,1-2H3/t14-,15-/m1/s1.